The summed E-state index contributed by atoms with van der Waals surface area (Å²) >= 11 is 0. The van der Waals surface area contributed by atoms with Crippen molar-refractivity contribution in [2.45, 2.75) is 44.6 Å². The highest BCUT2D eigenvalue weighted by molar-refractivity contribution is 5.76. The summed E-state index contributed by atoms with van der Waals surface area (Å²) in [6.07, 6.45) is -1.44. The number of carbonyl (C=O) groups excluding carboxylic acids is 1. The van der Waals surface area contributed by atoms with E-state index >= 15 is 0 Å². The molecule has 0 aliphatic carbocycles. The Morgan fingerprint density at radius 1 is 1.00 bits per heavy atom. The number of alkyl halides is 4. The standard InChI is InChI=1S/C28H33F4N5O/c29-19-22-18-25(6-3-21(22)20-33)34-24-9-12-37(13-10-24)27(38)2-1-11-35-14-16-36(17-15-35)26-7-4-23(5-8-26)28(30,31)32/h3-8,18,24,34H,1-2,9-17,19H2. The van der Waals surface area contributed by atoms with Crippen LogP contribution in [0.3, 0.4) is 0 Å². The molecule has 2 saturated heterocycles. The number of anilines is 2. The molecule has 1 amide bonds. The molecule has 0 saturated carbocycles. The van der Waals surface area contributed by atoms with Crippen molar-refractivity contribution in [2.24, 2.45) is 0 Å². The molecule has 0 bridgehead atoms. The number of nitriles is 1. The first-order valence-electron chi connectivity index (χ1n) is 13.0. The van der Waals surface area contributed by atoms with E-state index < -0.39 is 18.4 Å². The summed E-state index contributed by atoms with van der Waals surface area (Å²) < 4.78 is 51.5. The maximum atomic E-state index is 13.2. The third kappa shape index (κ3) is 7.16. The summed E-state index contributed by atoms with van der Waals surface area (Å²) in [5, 5.41) is 12.5. The predicted octanol–water partition coefficient (Wildman–Crippen LogP) is 5.05. The van der Waals surface area contributed by atoms with Crippen LogP contribution in [-0.4, -0.2) is 67.6 Å². The molecule has 0 spiro atoms. The highest BCUT2D eigenvalue weighted by Crippen LogP contribution is 2.30. The van der Waals surface area contributed by atoms with E-state index in [1.807, 2.05) is 11.0 Å². The number of amides is 1. The van der Waals surface area contributed by atoms with Crippen molar-refractivity contribution >= 4 is 17.3 Å². The number of piperidine rings is 1. The molecular weight excluding hydrogens is 498 g/mol. The molecule has 0 aromatic heterocycles. The van der Waals surface area contributed by atoms with Gasteiger partial charge < -0.3 is 15.1 Å². The highest BCUT2D eigenvalue weighted by Gasteiger charge is 2.30. The number of hydrogen-bond donors (Lipinski definition) is 1. The maximum Gasteiger partial charge on any atom is 0.416 e. The minimum atomic E-state index is -4.32. The largest absolute Gasteiger partial charge is 0.416 e. The average molecular weight is 532 g/mol. The van der Waals surface area contributed by atoms with Gasteiger partial charge in [-0.05, 0) is 68.3 Å². The number of halogens is 4. The van der Waals surface area contributed by atoms with E-state index in [4.69, 9.17) is 5.26 Å². The van der Waals surface area contributed by atoms with Crippen molar-refractivity contribution in [3.05, 3.63) is 59.2 Å². The maximum absolute atomic E-state index is 13.2. The molecular formula is C28H33F4N5O. The molecule has 2 aliphatic rings. The van der Waals surface area contributed by atoms with Crippen molar-refractivity contribution < 1.29 is 22.4 Å². The lowest BCUT2D eigenvalue weighted by atomic mass is 10.0. The topological polar surface area (TPSA) is 62.6 Å². The van der Waals surface area contributed by atoms with Crippen LogP contribution in [-0.2, 0) is 17.6 Å². The Morgan fingerprint density at radius 2 is 1.68 bits per heavy atom. The number of piperazine rings is 1. The summed E-state index contributed by atoms with van der Waals surface area (Å²) in [6, 6.07) is 12.6. The number of carbonyl (C=O) groups is 1. The van der Waals surface area contributed by atoms with Gasteiger partial charge in [0.15, 0.2) is 0 Å². The number of benzene rings is 2. The molecule has 0 radical (unpaired) electrons. The van der Waals surface area contributed by atoms with Crippen molar-refractivity contribution in [3.8, 4) is 6.07 Å². The zero-order valence-electron chi connectivity index (χ0n) is 21.3. The first kappa shape index (κ1) is 27.7. The molecule has 0 unspecified atom stereocenters. The smallest absolute Gasteiger partial charge is 0.382 e. The van der Waals surface area contributed by atoms with Crippen molar-refractivity contribution in [1.82, 2.24) is 9.80 Å². The van der Waals surface area contributed by atoms with E-state index in [9.17, 15) is 22.4 Å². The van der Waals surface area contributed by atoms with Gasteiger partial charge in [-0.1, -0.05) is 0 Å². The van der Waals surface area contributed by atoms with Gasteiger partial charge in [0.2, 0.25) is 5.91 Å². The molecule has 38 heavy (non-hydrogen) atoms. The molecule has 2 aliphatic heterocycles. The van der Waals surface area contributed by atoms with Gasteiger partial charge in [0.05, 0.1) is 17.2 Å². The van der Waals surface area contributed by atoms with Crippen LogP contribution in [0, 0.1) is 11.3 Å². The zero-order chi connectivity index (χ0) is 27.1. The Balaban J connectivity index is 1.13. The second-order valence-corrected chi connectivity index (χ2v) is 9.89. The fraction of sp³-hybridized carbons (Fsp3) is 0.500. The average Bonchev–Trinajstić information content (AvgIpc) is 2.93. The molecule has 2 heterocycles. The van der Waals surface area contributed by atoms with Crippen molar-refractivity contribution in [2.75, 3.05) is 56.0 Å². The van der Waals surface area contributed by atoms with Crippen LogP contribution in [0.2, 0.25) is 0 Å². The first-order valence-corrected chi connectivity index (χ1v) is 13.0. The Labute approximate surface area is 220 Å². The molecule has 10 heteroatoms. The van der Waals surface area contributed by atoms with Crippen molar-refractivity contribution in [3.63, 3.8) is 0 Å². The van der Waals surface area contributed by atoms with E-state index in [2.05, 4.69) is 15.1 Å². The highest BCUT2D eigenvalue weighted by atomic mass is 19.4. The van der Waals surface area contributed by atoms with Gasteiger partial charge in [0.1, 0.15) is 6.67 Å². The molecule has 6 nitrogen and oxygen atoms in total. The lowest BCUT2D eigenvalue weighted by Crippen LogP contribution is -2.47. The first-order chi connectivity index (χ1) is 18.3. The van der Waals surface area contributed by atoms with Crippen LogP contribution in [0.5, 0.6) is 0 Å². The molecule has 4 rings (SSSR count). The van der Waals surface area contributed by atoms with Crippen LogP contribution >= 0.6 is 0 Å². The van der Waals surface area contributed by atoms with Gasteiger partial charge >= 0.3 is 6.18 Å². The van der Waals surface area contributed by atoms with Crippen LogP contribution in [0.15, 0.2) is 42.5 Å². The van der Waals surface area contributed by atoms with Gasteiger partial charge in [0.25, 0.3) is 0 Å². The van der Waals surface area contributed by atoms with Crippen LogP contribution < -0.4 is 10.2 Å². The Bertz CT molecular complexity index is 1120. The summed E-state index contributed by atoms with van der Waals surface area (Å²) in [4.78, 5) is 19.0. The van der Waals surface area contributed by atoms with Gasteiger partial charge in [-0.2, -0.15) is 18.4 Å². The van der Waals surface area contributed by atoms with E-state index in [0.717, 1.165) is 75.5 Å². The van der Waals surface area contributed by atoms with E-state index in [1.54, 1.807) is 18.2 Å². The van der Waals surface area contributed by atoms with Gasteiger partial charge in [-0.25, -0.2) is 4.39 Å². The quantitative estimate of drug-likeness (QED) is 0.483. The Kier molecular flexibility index (Phi) is 9.10. The third-order valence-corrected chi connectivity index (χ3v) is 7.39. The fourth-order valence-electron chi connectivity index (χ4n) is 5.11. The van der Waals surface area contributed by atoms with Gasteiger partial charge in [0, 0.05) is 68.7 Å². The number of nitrogens with zero attached hydrogens (tertiary/aromatic N) is 4. The van der Waals surface area contributed by atoms with Crippen LogP contribution in [0.4, 0.5) is 28.9 Å². The van der Waals surface area contributed by atoms with Gasteiger partial charge in [-0.15, -0.1) is 0 Å². The summed E-state index contributed by atoms with van der Waals surface area (Å²) in [5.41, 5.74) is 1.68. The number of rotatable bonds is 8. The van der Waals surface area contributed by atoms with Crippen LogP contribution in [0.25, 0.3) is 0 Å². The molecule has 0 atom stereocenters. The second-order valence-electron chi connectivity index (χ2n) is 9.89. The monoisotopic (exact) mass is 531 g/mol. The minimum absolute atomic E-state index is 0.157. The van der Waals surface area contributed by atoms with Crippen LogP contribution in [0.1, 0.15) is 42.4 Å². The van der Waals surface area contributed by atoms with Gasteiger partial charge in [-0.3, -0.25) is 9.69 Å². The lowest BCUT2D eigenvalue weighted by Gasteiger charge is -2.36. The number of likely N-dealkylation sites (tertiary alicyclic amines) is 1. The molecule has 2 fully saturated rings. The second kappa shape index (κ2) is 12.5. The lowest BCUT2D eigenvalue weighted by molar-refractivity contribution is -0.137. The summed E-state index contributed by atoms with van der Waals surface area (Å²) in [6.45, 7) is 4.60. The van der Waals surface area contributed by atoms with E-state index in [0.29, 0.717) is 30.6 Å². The third-order valence-electron chi connectivity index (χ3n) is 7.39. The summed E-state index contributed by atoms with van der Waals surface area (Å²) in [7, 11) is 0. The number of nitrogens with one attached hydrogen (secondary N) is 1. The molecule has 2 aromatic rings. The fourth-order valence-corrected chi connectivity index (χ4v) is 5.11. The normalized spacial score (nSPS) is 17.3. The zero-order valence-corrected chi connectivity index (χ0v) is 21.3. The molecule has 204 valence electrons. The minimum Gasteiger partial charge on any atom is -0.382 e. The van der Waals surface area contributed by atoms with E-state index in [-0.39, 0.29) is 11.9 Å². The predicted molar refractivity (Wildman–Crippen MR) is 139 cm³/mol. The Morgan fingerprint density at radius 3 is 2.29 bits per heavy atom. The van der Waals surface area contributed by atoms with Crippen molar-refractivity contribution in [1.29, 1.82) is 5.26 Å². The van der Waals surface area contributed by atoms with E-state index in [1.165, 1.54) is 12.1 Å². The SMILES string of the molecule is N#Cc1ccc(NC2CCN(C(=O)CCCN3CCN(c4ccc(C(F)(F)F)cc4)CC3)CC2)cc1CF. The molecule has 2 aromatic carbocycles. The Hall–Kier alpha value is -3.32. The number of hydrogen-bond acceptors (Lipinski definition) is 5. The molecule has 1 N–H and O–H groups in total. The summed E-state index contributed by atoms with van der Waals surface area (Å²) in [5.74, 6) is 0.157.